The molecule has 0 bridgehead atoms. The predicted molar refractivity (Wildman–Crippen MR) is 84.6 cm³/mol. The standard InChI is InChI=1S/C16H19N3O5/c20-14-9-11(5-6-13(14)19(23)24)16(22)17-7-1-3-12(10-17)18-8-2-4-15(18)21/h5-6,9,12,20H,1-4,7-8,10H2/t12-/m0/s1. The highest BCUT2D eigenvalue weighted by molar-refractivity contribution is 5.95. The van der Waals surface area contributed by atoms with E-state index in [0.717, 1.165) is 37.9 Å². The first kappa shape index (κ1) is 16.2. The molecule has 8 nitrogen and oxygen atoms in total. The smallest absolute Gasteiger partial charge is 0.310 e. The van der Waals surface area contributed by atoms with E-state index in [1.165, 1.54) is 6.07 Å². The van der Waals surface area contributed by atoms with Crippen molar-refractivity contribution in [3.05, 3.63) is 33.9 Å². The third kappa shape index (κ3) is 3.04. The molecule has 1 aromatic carbocycles. The normalized spacial score (nSPS) is 21.2. The molecule has 2 heterocycles. The highest BCUT2D eigenvalue weighted by Gasteiger charge is 2.33. The Morgan fingerprint density at radius 3 is 2.71 bits per heavy atom. The molecule has 0 radical (unpaired) electrons. The Morgan fingerprint density at radius 1 is 1.29 bits per heavy atom. The zero-order valence-electron chi connectivity index (χ0n) is 13.2. The van der Waals surface area contributed by atoms with Crippen LogP contribution in [0.2, 0.25) is 0 Å². The average Bonchev–Trinajstić information content (AvgIpc) is 3.00. The number of piperidine rings is 1. The molecule has 24 heavy (non-hydrogen) atoms. The van der Waals surface area contributed by atoms with E-state index in [-0.39, 0.29) is 23.4 Å². The summed E-state index contributed by atoms with van der Waals surface area (Å²) in [5.74, 6) is -0.659. The number of phenols is 1. The van der Waals surface area contributed by atoms with Crippen molar-refractivity contribution in [2.75, 3.05) is 19.6 Å². The van der Waals surface area contributed by atoms with Crippen molar-refractivity contribution in [2.45, 2.75) is 31.7 Å². The lowest BCUT2D eigenvalue weighted by Crippen LogP contribution is -2.50. The molecule has 0 unspecified atom stereocenters. The first-order valence-corrected chi connectivity index (χ1v) is 8.03. The molecular formula is C16H19N3O5. The van der Waals surface area contributed by atoms with Gasteiger partial charge >= 0.3 is 5.69 Å². The van der Waals surface area contributed by atoms with Crippen molar-refractivity contribution >= 4 is 17.5 Å². The van der Waals surface area contributed by atoms with Gasteiger partial charge < -0.3 is 14.9 Å². The summed E-state index contributed by atoms with van der Waals surface area (Å²) in [5, 5.41) is 20.4. The number of nitro benzene ring substituents is 1. The number of nitrogens with zero attached hydrogens (tertiary/aromatic N) is 3. The number of carbonyl (C=O) groups excluding carboxylic acids is 2. The van der Waals surface area contributed by atoms with Gasteiger partial charge in [-0.05, 0) is 31.4 Å². The van der Waals surface area contributed by atoms with E-state index >= 15 is 0 Å². The number of benzene rings is 1. The Hall–Kier alpha value is -2.64. The molecule has 2 saturated heterocycles. The van der Waals surface area contributed by atoms with Crippen LogP contribution in [0, 0.1) is 10.1 Å². The van der Waals surface area contributed by atoms with Gasteiger partial charge in [-0.15, -0.1) is 0 Å². The summed E-state index contributed by atoms with van der Waals surface area (Å²) in [4.78, 5) is 38.1. The quantitative estimate of drug-likeness (QED) is 0.667. The van der Waals surface area contributed by atoms with Gasteiger partial charge in [-0.3, -0.25) is 19.7 Å². The van der Waals surface area contributed by atoms with Crippen molar-refractivity contribution in [2.24, 2.45) is 0 Å². The van der Waals surface area contributed by atoms with Crippen LogP contribution in [0.15, 0.2) is 18.2 Å². The predicted octanol–water partition coefficient (Wildman–Crippen LogP) is 1.53. The van der Waals surface area contributed by atoms with Crippen LogP contribution < -0.4 is 0 Å². The van der Waals surface area contributed by atoms with Gasteiger partial charge in [0.2, 0.25) is 5.91 Å². The summed E-state index contributed by atoms with van der Waals surface area (Å²) >= 11 is 0. The Balaban J connectivity index is 1.73. The van der Waals surface area contributed by atoms with Crippen LogP contribution in [0.1, 0.15) is 36.0 Å². The summed E-state index contributed by atoms with van der Waals surface area (Å²) in [6.07, 6.45) is 3.11. The Kier molecular flexibility index (Phi) is 4.37. The topological polar surface area (TPSA) is 104 Å². The van der Waals surface area contributed by atoms with Gasteiger partial charge in [-0.25, -0.2) is 0 Å². The lowest BCUT2D eigenvalue weighted by atomic mass is 10.0. The Labute approximate surface area is 138 Å². The number of phenolic OH excluding ortho intramolecular Hbond substituents is 1. The molecule has 128 valence electrons. The highest BCUT2D eigenvalue weighted by atomic mass is 16.6. The minimum absolute atomic E-state index is 0.0318. The van der Waals surface area contributed by atoms with Crippen molar-refractivity contribution < 1.29 is 19.6 Å². The Morgan fingerprint density at radius 2 is 2.08 bits per heavy atom. The van der Waals surface area contributed by atoms with Crippen LogP contribution in [-0.4, -0.2) is 57.3 Å². The second-order valence-corrected chi connectivity index (χ2v) is 6.20. The van der Waals surface area contributed by atoms with Crippen LogP contribution in [-0.2, 0) is 4.79 Å². The zero-order chi connectivity index (χ0) is 17.3. The fraction of sp³-hybridized carbons (Fsp3) is 0.500. The van der Waals surface area contributed by atoms with Crippen LogP contribution in [0.5, 0.6) is 5.75 Å². The number of hydrogen-bond donors (Lipinski definition) is 1. The van der Waals surface area contributed by atoms with Crippen LogP contribution in [0.25, 0.3) is 0 Å². The van der Waals surface area contributed by atoms with Crippen molar-refractivity contribution in [1.29, 1.82) is 0 Å². The second kappa shape index (κ2) is 6.46. The van der Waals surface area contributed by atoms with Gasteiger partial charge in [0.1, 0.15) is 0 Å². The maximum absolute atomic E-state index is 12.6. The van der Waals surface area contributed by atoms with Crippen molar-refractivity contribution in [3.63, 3.8) is 0 Å². The van der Waals surface area contributed by atoms with E-state index in [2.05, 4.69) is 0 Å². The highest BCUT2D eigenvalue weighted by Crippen LogP contribution is 2.28. The van der Waals surface area contributed by atoms with Gasteiger partial charge in [-0.2, -0.15) is 0 Å². The molecule has 1 aromatic rings. The first-order chi connectivity index (χ1) is 11.5. The van der Waals surface area contributed by atoms with Gasteiger partial charge in [0.25, 0.3) is 5.91 Å². The van der Waals surface area contributed by atoms with Gasteiger partial charge in [0.05, 0.1) is 4.92 Å². The molecule has 3 rings (SSSR count). The number of hydrogen-bond acceptors (Lipinski definition) is 5. The van der Waals surface area contributed by atoms with E-state index in [4.69, 9.17) is 0 Å². The molecule has 2 amide bonds. The average molecular weight is 333 g/mol. The molecule has 2 aliphatic rings. The van der Waals surface area contributed by atoms with Crippen molar-refractivity contribution in [3.8, 4) is 5.75 Å². The molecular weight excluding hydrogens is 314 g/mol. The summed E-state index contributed by atoms with van der Waals surface area (Å²) < 4.78 is 0. The molecule has 2 aliphatic heterocycles. The summed E-state index contributed by atoms with van der Waals surface area (Å²) in [5.41, 5.74) is -0.211. The largest absolute Gasteiger partial charge is 0.502 e. The number of nitro groups is 1. The minimum atomic E-state index is -0.695. The fourth-order valence-electron chi connectivity index (χ4n) is 3.44. The molecule has 1 N–H and O–H groups in total. The molecule has 8 heteroatoms. The van der Waals surface area contributed by atoms with Gasteiger partial charge in [0.15, 0.2) is 5.75 Å². The van der Waals surface area contributed by atoms with E-state index in [1.807, 2.05) is 4.90 Å². The Bertz CT molecular complexity index is 690. The van der Waals surface area contributed by atoms with Crippen LogP contribution in [0.3, 0.4) is 0 Å². The summed E-state index contributed by atoms with van der Waals surface area (Å²) in [6, 6.07) is 3.65. The molecule has 0 spiro atoms. The summed E-state index contributed by atoms with van der Waals surface area (Å²) in [7, 11) is 0. The monoisotopic (exact) mass is 333 g/mol. The van der Waals surface area contributed by atoms with E-state index in [1.54, 1.807) is 4.90 Å². The maximum atomic E-state index is 12.6. The minimum Gasteiger partial charge on any atom is -0.502 e. The first-order valence-electron chi connectivity index (χ1n) is 8.03. The summed E-state index contributed by atoms with van der Waals surface area (Å²) in [6.45, 7) is 1.78. The van der Waals surface area contributed by atoms with Crippen molar-refractivity contribution in [1.82, 2.24) is 9.80 Å². The maximum Gasteiger partial charge on any atom is 0.310 e. The van der Waals surface area contributed by atoms with Gasteiger partial charge in [0, 0.05) is 43.7 Å². The lowest BCUT2D eigenvalue weighted by Gasteiger charge is -2.37. The number of aromatic hydroxyl groups is 1. The molecule has 0 aliphatic carbocycles. The SMILES string of the molecule is O=C(c1ccc([N+](=O)[O-])c(O)c1)N1CCC[C@H](N2CCCC2=O)C1. The number of carbonyl (C=O) groups is 2. The van der Waals surface area contributed by atoms with E-state index in [0.29, 0.717) is 19.5 Å². The third-order valence-corrected chi connectivity index (χ3v) is 4.65. The molecule has 0 aromatic heterocycles. The number of amides is 2. The van der Waals surface area contributed by atoms with E-state index in [9.17, 15) is 24.8 Å². The fourth-order valence-corrected chi connectivity index (χ4v) is 3.44. The van der Waals surface area contributed by atoms with Crippen LogP contribution in [0.4, 0.5) is 5.69 Å². The van der Waals surface area contributed by atoms with Gasteiger partial charge in [-0.1, -0.05) is 0 Å². The zero-order valence-corrected chi connectivity index (χ0v) is 13.2. The molecule has 1 atom stereocenters. The lowest BCUT2D eigenvalue weighted by molar-refractivity contribution is -0.385. The second-order valence-electron chi connectivity index (χ2n) is 6.20. The van der Waals surface area contributed by atoms with Crippen LogP contribution >= 0.6 is 0 Å². The molecule has 2 fully saturated rings. The molecule has 0 saturated carbocycles. The number of likely N-dealkylation sites (tertiary alicyclic amines) is 2. The number of rotatable bonds is 3. The third-order valence-electron chi connectivity index (χ3n) is 4.65. The van der Waals surface area contributed by atoms with E-state index < -0.39 is 16.4 Å².